The number of anilines is 1. The lowest BCUT2D eigenvalue weighted by Crippen LogP contribution is -2.56. The first-order chi connectivity index (χ1) is 15.9. The molecule has 0 bridgehead atoms. The number of hydrogen-bond donors (Lipinski definition) is 1. The zero-order valence-electron chi connectivity index (χ0n) is 19.0. The van der Waals surface area contributed by atoms with E-state index in [0.717, 1.165) is 50.0 Å². The molecule has 3 aliphatic rings. The Morgan fingerprint density at radius 3 is 2.73 bits per heavy atom. The number of piperidine rings is 2. The fourth-order valence-corrected chi connectivity index (χ4v) is 5.62. The van der Waals surface area contributed by atoms with Gasteiger partial charge in [0.25, 0.3) is 5.91 Å². The molecule has 0 aliphatic carbocycles. The van der Waals surface area contributed by atoms with Gasteiger partial charge in [0.1, 0.15) is 11.5 Å². The molecule has 1 aromatic heterocycles. The fraction of sp³-hybridized carbons (Fsp3) is 0.520. The highest BCUT2D eigenvalue weighted by Crippen LogP contribution is 2.42. The number of nitrogens with zero attached hydrogens (tertiary/aromatic N) is 4. The van der Waals surface area contributed by atoms with E-state index in [0.29, 0.717) is 31.2 Å². The van der Waals surface area contributed by atoms with E-state index in [1.54, 1.807) is 17.0 Å². The Hall–Kier alpha value is -3.03. The summed E-state index contributed by atoms with van der Waals surface area (Å²) in [5, 5.41) is 3.17. The standard InChI is InChI=1S/C25H30FN5O2/c1-17-13-21(28-24(27-17)30-11-3-2-4-12-30)23(33)31-15-20(18-7-5-8-19(26)14-18)25(16-31)10-6-9-22(32)29-25/h5,7-8,13-14,20H,2-4,6,9-12,15-16H2,1H3,(H,29,32)/t20-,25+/m0/s1. The topological polar surface area (TPSA) is 78.4 Å². The second-order valence-corrected chi connectivity index (χ2v) is 9.59. The predicted molar refractivity (Wildman–Crippen MR) is 123 cm³/mol. The van der Waals surface area contributed by atoms with Gasteiger partial charge in [-0.25, -0.2) is 14.4 Å². The summed E-state index contributed by atoms with van der Waals surface area (Å²) in [4.78, 5) is 39.1. The van der Waals surface area contributed by atoms with E-state index in [-0.39, 0.29) is 23.5 Å². The van der Waals surface area contributed by atoms with E-state index in [9.17, 15) is 14.0 Å². The Morgan fingerprint density at radius 2 is 1.97 bits per heavy atom. The normalized spacial score (nSPS) is 25.4. The van der Waals surface area contributed by atoms with Gasteiger partial charge in [-0.3, -0.25) is 9.59 Å². The van der Waals surface area contributed by atoms with Crippen LogP contribution in [0, 0.1) is 12.7 Å². The van der Waals surface area contributed by atoms with Gasteiger partial charge in [-0.2, -0.15) is 0 Å². The Morgan fingerprint density at radius 1 is 1.15 bits per heavy atom. The van der Waals surface area contributed by atoms with Gasteiger partial charge in [0.2, 0.25) is 11.9 Å². The summed E-state index contributed by atoms with van der Waals surface area (Å²) in [6.07, 6.45) is 5.40. The Balaban J connectivity index is 1.45. The van der Waals surface area contributed by atoms with Crippen LogP contribution in [0.3, 0.4) is 0 Å². The Kier molecular flexibility index (Phi) is 5.76. The monoisotopic (exact) mass is 451 g/mol. The molecule has 8 heteroatoms. The van der Waals surface area contributed by atoms with E-state index >= 15 is 0 Å². The average molecular weight is 452 g/mol. The number of amides is 2. The number of benzene rings is 1. The number of halogens is 1. The SMILES string of the molecule is Cc1cc(C(=O)N2C[C@@H](c3cccc(F)c3)[C@@]3(CCCC(=O)N3)C2)nc(N2CCCCC2)n1. The zero-order chi connectivity index (χ0) is 23.0. The lowest BCUT2D eigenvalue weighted by Gasteiger charge is -2.39. The van der Waals surface area contributed by atoms with E-state index in [4.69, 9.17) is 0 Å². The van der Waals surface area contributed by atoms with Crippen molar-refractivity contribution in [2.24, 2.45) is 0 Å². The quantitative estimate of drug-likeness (QED) is 0.776. The van der Waals surface area contributed by atoms with Crippen molar-refractivity contribution in [2.45, 2.75) is 56.9 Å². The van der Waals surface area contributed by atoms with Crippen molar-refractivity contribution < 1.29 is 14.0 Å². The van der Waals surface area contributed by atoms with Crippen molar-refractivity contribution in [1.29, 1.82) is 0 Å². The summed E-state index contributed by atoms with van der Waals surface area (Å²) in [5.41, 5.74) is 1.35. The lowest BCUT2D eigenvalue weighted by molar-refractivity contribution is -0.125. The minimum Gasteiger partial charge on any atom is -0.348 e. The first-order valence-corrected chi connectivity index (χ1v) is 11.9. The van der Waals surface area contributed by atoms with E-state index in [2.05, 4.69) is 20.2 Å². The summed E-state index contributed by atoms with van der Waals surface area (Å²) in [7, 11) is 0. The molecule has 7 nitrogen and oxygen atoms in total. The van der Waals surface area contributed by atoms with Crippen LogP contribution >= 0.6 is 0 Å². The Bertz CT molecular complexity index is 1070. The number of rotatable bonds is 3. The first kappa shape index (κ1) is 21.8. The number of carbonyl (C=O) groups excluding carboxylic acids is 2. The molecule has 5 rings (SSSR count). The molecule has 0 radical (unpaired) electrons. The number of nitrogens with one attached hydrogen (secondary N) is 1. The molecule has 1 spiro atoms. The molecule has 3 saturated heterocycles. The molecule has 174 valence electrons. The van der Waals surface area contributed by atoms with Crippen molar-refractivity contribution >= 4 is 17.8 Å². The number of aryl methyl sites for hydroxylation is 1. The smallest absolute Gasteiger partial charge is 0.272 e. The third-order valence-corrected chi connectivity index (χ3v) is 7.20. The van der Waals surface area contributed by atoms with Gasteiger partial charge in [-0.15, -0.1) is 0 Å². The number of aromatic nitrogens is 2. The minimum absolute atomic E-state index is 0.0118. The van der Waals surface area contributed by atoms with Crippen molar-refractivity contribution in [3.8, 4) is 0 Å². The largest absolute Gasteiger partial charge is 0.348 e. The summed E-state index contributed by atoms with van der Waals surface area (Å²) >= 11 is 0. The van der Waals surface area contributed by atoms with Crippen molar-refractivity contribution in [3.63, 3.8) is 0 Å². The van der Waals surface area contributed by atoms with E-state index < -0.39 is 5.54 Å². The third kappa shape index (κ3) is 4.30. The van der Waals surface area contributed by atoms with Crippen LogP contribution in [0.25, 0.3) is 0 Å². The van der Waals surface area contributed by atoms with Crippen LogP contribution in [-0.4, -0.2) is 58.4 Å². The van der Waals surface area contributed by atoms with Crippen molar-refractivity contribution in [3.05, 3.63) is 53.1 Å². The fourth-order valence-electron chi connectivity index (χ4n) is 5.62. The third-order valence-electron chi connectivity index (χ3n) is 7.20. The highest BCUT2D eigenvalue weighted by atomic mass is 19.1. The molecule has 2 atom stereocenters. The number of likely N-dealkylation sites (tertiary alicyclic amines) is 1. The van der Waals surface area contributed by atoms with Crippen LogP contribution in [-0.2, 0) is 4.79 Å². The van der Waals surface area contributed by atoms with E-state index in [1.807, 2.05) is 13.0 Å². The van der Waals surface area contributed by atoms with E-state index in [1.165, 1.54) is 18.6 Å². The molecule has 1 N–H and O–H groups in total. The van der Waals surface area contributed by atoms with Gasteiger partial charge in [0.05, 0.1) is 5.54 Å². The summed E-state index contributed by atoms with van der Waals surface area (Å²) in [5.74, 6) is -0.0586. The maximum atomic E-state index is 14.0. The maximum Gasteiger partial charge on any atom is 0.272 e. The van der Waals surface area contributed by atoms with Crippen LogP contribution in [0.15, 0.2) is 30.3 Å². The second-order valence-electron chi connectivity index (χ2n) is 9.59. The average Bonchev–Trinajstić information content (AvgIpc) is 3.16. The van der Waals surface area contributed by atoms with Gasteiger partial charge >= 0.3 is 0 Å². The first-order valence-electron chi connectivity index (χ1n) is 11.9. The number of carbonyl (C=O) groups is 2. The lowest BCUT2D eigenvalue weighted by atomic mass is 9.76. The van der Waals surface area contributed by atoms with Crippen LogP contribution in [0.4, 0.5) is 10.3 Å². The van der Waals surface area contributed by atoms with Crippen molar-refractivity contribution in [1.82, 2.24) is 20.2 Å². The highest BCUT2D eigenvalue weighted by molar-refractivity contribution is 5.93. The van der Waals surface area contributed by atoms with Crippen LogP contribution in [0.2, 0.25) is 0 Å². The van der Waals surface area contributed by atoms with Gasteiger partial charge in [-0.05, 0) is 62.8 Å². The zero-order valence-corrected chi connectivity index (χ0v) is 19.0. The molecular formula is C25H30FN5O2. The predicted octanol–water partition coefficient (Wildman–Crippen LogP) is 3.19. The molecule has 2 aromatic rings. The molecule has 0 unspecified atom stereocenters. The van der Waals surface area contributed by atoms with Crippen molar-refractivity contribution in [2.75, 3.05) is 31.1 Å². The molecule has 0 saturated carbocycles. The maximum absolute atomic E-state index is 14.0. The minimum atomic E-state index is -0.587. The second kappa shape index (κ2) is 8.72. The summed E-state index contributed by atoms with van der Waals surface area (Å²) in [6.45, 7) is 4.48. The number of hydrogen-bond acceptors (Lipinski definition) is 5. The summed E-state index contributed by atoms with van der Waals surface area (Å²) < 4.78 is 14.0. The Labute approximate surface area is 193 Å². The van der Waals surface area contributed by atoms with Gasteiger partial charge in [0, 0.05) is 44.2 Å². The molecule has 2 amide bonds. The van der Waals surface area contributed by atoms with Crippen LogP contribution in [0.5, 0.6) is 0 Å². The summed E-state index contributed by atoms with van der Waals surface area (Å²) in [6, 6.07) is 8.24. The van der Waals surface area contributed by atoms with Crippen LogP contribution in [0.1, 0.15) is 66.2 Å². The molecule has 4 heterocycles. The van der Waals surface area contributed by atoms with Gasteiger partial charge in [-0.1, -0.05) is 12.1 Å². The molecule has 33 heavy (non-hydrogen) atoms. The highest BCUT2D eigenvalue weighted by Gasteiger charge is 2.51. The van der Waals surface area contributed by atoms with Crippen LogP contribution < -0.4 is 10.2 Å². The molecular weight excluding hydrogens is 421 g/mol. The van der Waals surface area contributed by atoms with Gasteiger partial charge < -0.3 is 15.1 Å². The molecule has 1 aromatic carbocycles. The molecule has 3 aliphatic heterocycles. The molecule has 3 fully saturated rings. The van der Waals surface area contributed by atoms with Gasteiger partial charge in [0.15, 0.2) is 0 Å².